The van der Waals surface area contributed by atoms with Crippen LogP contribution in [-0.2, 0) is 0 Å². The highest BCUT2D eigenvalue weighted by atomic mass is 15.1. The molecule has 0 unspecified atom stereocenters. The molecule has 0 aliphatic carbocycles. The van der Waals surface area contributed by atoms with Gasteiger partial charge >= 0.3 is 0 Å². The van der Waals surface area contributed by atoms with Gasteiger partial charge in [0.15, 0.2) is 0 Å². The molecule has 2 heterocycles. The monoisotopic (exact) mass is 238 g/mol. The van der Waals surface area contributed by atoms with Crippen LogP contribution in [0.4, 0.5) is 0 Å². The lowest BCUT2D eigenvalue weighted by atomic mass is 9.95. The minimum atomic E-state index is 0.970. The molecule has 2 aliphatic heterocycles. The summed E-state index contributed by atoms with van der Waals surface area (Å²) in [5.41, 5.74) is 0. The van der Waals surface area contributed by atoms with Crippen LogP contribution >= 0.6 is 0 Å². The Kier molecular flexibility index (Phi) is 5.30. The lowest BCUT2D eigenvalue weighted by molar-refractivity contribution is 0.178. The van der Waals surface area contributed by atoms with Crippen molar-refractivity contribution < 1.29 is 0 Å². The van der Waals surface area contributed by atoms with Crippen LogP contribution in [0.25, 0.3) is 0 Å². The number of likely N-dealkylation sites (tertiary alicyclic amines) is 2. The molecule has 0 radical (unpaired) electrons. The number of rotatable bonds is 3. The molecule has 0 bridgehead atoms. The van der Waals surface area contributed by atoms with Crippen LogP contribution in [-0.4, -0.2) is 49.6 Å². The molecule has 0 aromatic heterocycles. The fraction of sp³-hybridized carbons (Fsp3) is 1.00. The highest BCUT2D eigenvalue weighted by Gasteiger charge is 2.18. The summed E-state index contributed by atoms with van der Waals surface area (Å²) in [5.74, 6) is 1.97. The molecule has 17 heavy (non-hydrogen) atoms. The molecule has 1 atom stereocenters. The van der Waals surface area contributed by atoms with Crippen LogP contribution in [0.1, 0.15) is 45.4 Å². The Labute approximate surface area is 107 Å². The second-order valence-electron chi connectivity index (χ2n) is 6.41. The second-order valence-corrected chi connectivity index (χ2v) is 6.41. The summed E-state index contributed by atoms with van der Waals surface area (Å²) < 4.78 is 0. The lowest BCUT2D eigenvalue weighted by Crippen LogP contribution is -2.34. The molecule has 0 aromatic rings. The van der Waals surface area contributed by atoms with Crippen LogP contribution in [0.3, 0.4) is 0 Å². The summed E-state index contributed by atoms with van der Waals surface area (Å²) in [6.45, 7) is 9.11. The van der Waals surface area contributed by atoms with Crippen LogP contribution in [0.2, 0.25) is 0 Å². The minimum Gasteiger partial charge on any atom is -0.306 e. The van der Waals surface area contributed by atoms with Crippen LogP contribution in [0.5, 0.6) is 0 Å². The Morgan fingerprint density at radius 2 is 1.71 bits per heavy atom. The van der Waals surface area contributed by atoms with Crippen molar-refractivity contribution in [2.24, 2.45) is 11.8 Å². The van der Waals surface area contributed by atoms with E-state index in [0.29, 0.717) is 0 Å². The number of hydrogen-bond donors (Lipinski definition) is 0. The first-order valence-corrected chi connectivity index (χ1v) is 7.65. The Balaban J connectivity index is 1.64. The van der Waals surface area contributed by atoms with E-state index in [1.165, 1.54) is 71.2 Å². The van der Waals surface area contributed by atoms with Crippen molar-refractivity contribution in [3.05, 3.63) is 0 Å². The second kappa shape index (κ2) is 6.75. The first-order chi connectivity index (χ1) is 8.24. The van der Waals surface area contributed by atoms with E-state index in [1.807, 2.05) is 0 Å². The fourth-order valence-electron chi connectivity index (χ4n) is 3.25. The zero-order chi connectivity index (χ0) is 12.1. The molecular formula is C15H30N2. The molecule has 0 amide bonds. The summed E-state index contributed by atoms with van der Waals surface area (Å²) in [6, 6.07) is 0. The van der Waals surface area contributed by atoms with Gasteiger partial charge in [-0.2, -0.15) is 0 Å². The van der Waals surface area contributed by atoms with E-state index in [0.717, 1.165) is 11.8 Å². The standard InChI is InChI=1S/C15H30N2/c1-14-5-11-17(12-6-14)13-8-15-4-3-9-16(2)10-7-15/h14-15H,3-13H2,1-2H3/t15-/m0/s1. The van der Waals surface area contributed by atoms with Crippen LogP contribution < -0.4 is 0 Å². The quantitative estimate of drug-likeness (QED) is 0.746. The van der Waals surface area contributed by atoms with Gasteiger partial charge in [-0.15, -0.1) is 0 Å². The average Bonchev–Trinajstić information content (AvgIpc) is 2.54. The van der Waals surface area contributed by atoms with Crippen molar-refractivity contribution in [3.8, 4) is 0 Å². The van der Waals surface area contributed by atoms with Gasteiger partial charge in [-0.05, 0) is 90.1 Å². The molecule has 2 nitrogen and oxygen atoms in total. The van der Waals surface area contributed by atoms with E-state index in [1.54, 1.807) is 0 Å². The van der Waals surface area contributed by atoms with E-state index in [-0.39, 0.29) is 0 Å². The molecule has 0 spiro atoms. The summed E-state index contributed by atoms with van der Waals surface area (Å²) in [4.78, 5) is 5.21. The third-order valence-corrected chi connectivity index (χ3v) is 4.80. The smallest absolute Gasteiger partial charge is 0.00161 e. The Bertz CT molecular complexity index is 209. The molecule has 2 fully saturated rings. The van der Waals surface area contributed by atoms with Crippen molar-refractivity contribution in [3.63, 3.8) is 0 Å². The summed E-state index contributed by atoms with van der Waals surface area (Å²) in [5, 5.41) is 0. The zero-order valence-electron chi connectivity index (χ0n) is 11.8. The number of nitrogens with zero attached hydrogens (tertiary/aromatic N) is 2. The Morgan fingerprint density at radius 3 is 2.47 bits per heavy atom. The van der Waals surface area contributed by atoms with Gasteiger partial charge < -0.3 is 9.80 Å². The fourth-order valence-corrected chi connectivity index (χ4v) is 3.25. The number of hydrogen-bond acceptors (Lipinski definition) is 2. The predicted molar refractivity (Wildman–Crippen MR) is 74.3 cm³/mol. The van der Waals surface area contributed by atoms with Crippen molar-refractivity contribution in [2.75, 3.05) is 39.8 Å². The molecule has 2 rings (SSSR count). The molecule has 100 valence electrons. The topological polar surface area (TPSA) is 6.48 Å². The maximum Gasteiger partial charge on any atom is -0.00161 e. The third kappa shape index (κ3) is 4.59. The van der Waals surface area contributed by atoms with Gasteiger partial charge in [-0.3, -0.25) is 0 Å². The summed E-state index contributed by atoms with van der Waals surface area (Å²) >= 11 is 0. The number of piperidine rings is 1. The van der Waals surface area contributed by atoms with Gasteiger partial charge in [0.25, 0.3) is 0 Å². The third-order valence-electron chi connectivity index (χ3n) is 4.80. The highest BCUT2D eigenvalue weighted by molar-refractivity contribution is 4.73. The Hall–Kier alpha value is -0.0800. The van der Waals surface area contributed by atoms with Crippen molar-refractivity contribution >= 4 is 0 Å². The summed E-state index contributed by atoms with van der Waals surface area (Å²) in [6.07, 6.45) is 8.61. The molecule has 2 saturated heterocycles. The molecule has 2 aliphatic rings. The van der Waals surface area contributed by atoms with Gasteiger partial charge in [0.05, 0.1) is 0 Å². The SMILES string of the molecule is CC1CCN(CC[C@H]2CCCN(C)CC2)CC1. The average molecular weight is 238 g/mol. The van der Waals surface area contributed by atoms with E-state index in [4.69, 9.17) is 0 Å². The normalized spacial score (nSPS) is 30.4. The van der Waals surface area contributed by atoms with Gasteiger partial charge in [0, 0.05) is 0 Å². The predicted octanol–water partition coefficient (Wildman–Crippen LogP) is 2.84. The maximum absolute atomic E-state index is 2.70. The maximum atomic E-state index is 2.70. The van der Waals surface area contributed by atoms with Crippen molar-refractivity contribution in [1.29, 1.82) is 0 Å². The van der Waals surface area contributed by atoms with Gasteiger partial charge in [-0.25, -0.2) is 0 Å². The van der Waals surface area contributed by atoms with E-state index in [9.17, 15) is 0 Å². The molecule has 0 aromatic carbocycles. The van der Waals surface area contributed by atoms with Gasteiger partial charge in [-0.1, -0.05) is 6.92 Å². The van der Waals surface area contributed by atoms with E-state index < -0.39 is 0 Å². The first kappa shape index (κ1) is 13.4. The molecular weight excluding hydrogens is 208 g/mol. The zero-order valence-corrected chi connectivity index (χ0v) is 11.8. The largest absolute Gasteiger partial charge is 0.306 e. The van der Waals surface area contributed by atoms with Gasteiger partial charge in [0.2, 0.25) is 0 Å². The highest BCUT2D eigenvalue weighted by Crippen LogP contribution is 2.22. The van der Waals surface area contributed by atoms with Crippen LogP contribution in [0.15, 0.2) is 0 Å². The van der Waals surface area contributed by atoms with E-state index in [2.05, 4.69) is 23.8 Å². The molecule has 2 heteroatoms. The molecule has 0 saturated carbocycles. The first-order valence-electron chi connectivity index (χ1n) is 7.65. The van der Waals surface area contributed by atoms with Crippen molar-refractivity contribution in [1.82, 2.24) is 9.80 Å². The lowest BCUT2D eigenvalue weighted by Gasteiger charge is -2.31. The molecule has 0 N–H and O–H groups in total. The van der Waals surface area contributed by atoms with Crippen molar-refractivity contribution in [2.45, 2.75) is 45.4 Å². The minimum absolute atomic E-state index is 0.970. The van der Waals surface area contributed by atoms with Crippen LogP contribution in [0, 0.1) is 11.8 Å². The Morgan fingerprint density at radius 1 is 0.941 bits per heavy atom. The van der Waals surface area contributed by atoms with E-state index >= 15 is 0 Å². The summed E-state index contributed by atoms with van der Waals surface area (Å²) in [7, 11) is 2.27. The van der Waals surface area contributed by atoms with Gasteiger partial charge in [0.1, 0.15) is 0 Å².